The van der Waals surface area contributed by atoms with Gasteiger partial charge in [0.15, 0.2) is 5.82 Å². The van der Waals surface area contributed by atoms with E-state index in [2.05, 4.69) is 22.5 Å². The molecule has 0 saturated carbocycles. The lowest BCUT2D eigenvalue weighted by Crippen LogP contribution is -2.41. The lowest BCUT2D eigenvalue weighted by Gasteiger charge is -2.19. The van der Waals surface area contributed by atoms with Gasteiger partial charge in [0.05, 0.1) is 5.39 Å². The summed E-state index contributed by atoms with van der Waals surface area (Å²) >= 11 is 0. The van der Waals surface area contributed by atoms with E-state index in [4.69, 9.17) is 9.97 Å². The molecule has 0 aliphatic heterocycles. The Morgan fingerprint density at radius 1 is 1.11 bits per heavy atom. The molecule has 7 nitrogen and oxygen atoms in total. The number of carbonyl (C=O) groups excluding carboxylic acids is 1. The maximum atomic E-state index is 12.1. The zero-order chi connectivity index (χ0) is 20.1. The molecular formula is C21H30N6O. The molecule has 2 heterocycles. The number of aromatic nitrogens is 3. The van der Waals surface area contributed by atoms with Gasteiger partial charge in [-0.15, -0.1) is 0 Å². The highest BCUT2D eigenvalue weighted by Crippen LogP contribution is 2.28. The molecule has 0 aliphatic carbocycles. The van der Waals surface area contributed by atoms with E-state index >= 15 is 0 Å². The number of H-pyrrole nitrogens is 1. The number of aromatic amines is 1. The number of aryl methyl sites for hydroxylation is 2. The molecule has 0 saturated heterocycles. The minimum atomic E-state index is -0.0433. The molecule has 3 aromatic rings. The first-order chi connectivity index (χ1) is 13.5. The zero-order valence-corrected chi connectivity index (χ0v) is 17.0. The summed E-state index contributed by atoms with van der Waals surface area (Å²) in [5.74, 6) is 1.45. The summed E-state index contributed by atoms with van der Waals surface area (Å²) in [7, 11) is 0. The van der Waals surface area contributed by atoms with Crippen LogP contribution in [0.3, 0.4) is 0 Å². The molecule has 0 unspecified atom stereocenters. The van der Waals surface area contributed by atoms with Crippen molar-refractivity contribution in [1.82, 2.24) is 25.2 Å². The van der Waals surface area contributed by atoms with Crippen LogP contribution in [0.5, 0.6) is 0 Å². The third kappa shape index (κ3) is 4.08. The Bertz CT molecular complexity index is 953. The molecule has 3 rings (SSSR count). The molecule has 1 aromatic carbocycles. The fraction of sp³-hybridized carbons (Fsp3) is 0.381. The largest absolute Gasteiger partial charge is 0.368 e. The average molecular weight is 383 g/mol. The summed E-state index contributed by atoms with van der Waals surface area (Å²) in [5, 5.41) is 7.31. The van der Waals surface area contributed by atoms with Crippen molar-refractivity contribution in [2.75, 3.05) is 31.5 Å². The molecule has 0 fully saturated rings. The maximum absolute atomic E-state index is 12.1. The molecule has 28 heavy (non-hydrogen) atoms. The first-order valence-corrected chi connectivity index (χ1v) is 9.74. The van der Waals surface area contributed by atoms with E-state index in [0.29, 0.717) is 32.0 Å². The van der Waals surface area contributed by atoms with E-state index in [0.717, 1.165) is 33.7 Å². The number of nitrogens with one attached hydrogen (secondary N) is 3. The van der Waals surface area contributed by atoms with Crippen molar-refractivity contribution >= 4 is 22.9 Å². The Kier molecular flexibility index (Phi) is 6.13. The van der Waals surface area contributed by atoms with Crippen LogP contribution in [-0.4, -0.2) is 52.1 Å². The second kappa shape index (κ2) is 8.73. The first-order valence-electron chi connectivity index (χ1n) is 9.74. The van der Waals surface area contributed by atoms with Gasteiger partial charge in [0.1, 0.15) is 11.5 Å². The van der Waals surface area contributed by atoms with Gasteiger partial charge in [-0.05, 0) is 33.3 Å². The van der Waals surface area contributed by atoms with Gasteiger partial charge in [-0.3, -0.25) is 0 Å². The second-order valence-corrected chi connectivity index (χ2v) is 6.69. The number of nitrogens with zero attached hydrogens (tertiary/aromatic N) is 3. The maximum Gasteiger partial charge on any atom is 0.317 e. The quantitative estimate of drug-likeness (QED) is 0.540. The number of fused-ring (bicyclic) bond motifs is 1. The highest BCUT2D eigenvalue weighted by atomic mass is 16.2. The molecule has 7 heteroatoms. The highest BCUT2D eigenvalue weighted by molar-refractivity contribution is 5.92. The monoisotopic (exact) mass is 382 g/mol. The molecule has 3 N–H and O–H groups in total. The average Bonchev–Trinajstić information content (AvgIpc) is 3.00. The Morgan fingerprint density at radius 2 is 1.82 bits per heavy atom. The number of urea groups is 1. The van der Waals surface area contributed by atoms with E-state index in [9.17, 15) is 4.79 Å². The van der Waals surface area contributed by atoms with Crippen molar-refractivity contribution < 1.29 is 6.22 Å². The van der Waals surface area contributed by atoms with Crippen molar-refractivity contribution in [3.05, 3.63) is 41.6 Å². The van der Waals surface area contributed by atoms with Gasteiger partial charge in [0.2, 0.25) is 0 Å². The van der Waals surface area contributed by atoms with Crippen LogP contribution in [0, 0.1) is 13.8 Å². The van der Waals surface area contributed by atoms with Crippen molar-refractivity contribution in [1.29, 1.82) is 0 Å². The standard InChI is InChI=1S/C21H28N6O.H2/c1-5-27(6-2)21(28)23-13-12-22-19-17-14(3)15(4)24-20(17)26-18(25-19)16-10-8-7-9-11-16;/h7-11H,5-6,12-13H2,1-4H3,(H,23,28)(H2,22,24,25,26);1H. The third-order valence-corrected chi connectivity index (χ3v) is 4.93. The van der Waals surface area contributed by atoms with Crippen LogP contribution in [0.25, 0.3) is 22.4 Å². The fourth-order valence-electron chi connectivity index (χ4n) is 3.18. The third-order valence-electron chi connectivity index (χ3n) is 4.93. The summed E-state index contributed by atoms with van der Waals surface area (Å²) in [5.41, 5.74) is 3.99. The van der Waals surface area contributed by atoms with Gasteiger partial charge in [-0.2, -0.15) is 0 Å². The second-order valence-electron chi connectivity index (χ2n) is 6.69. The zero-order valence-electron chi connectivity index (χ0n) is 17.0. The van der Waals surface area contributed by atoms with Gasteiger partial charge in [-0.25, -0.2) is 14.8 Å². The molecular weight excluding hydrogens is 352 g/mol. The lowest BCUT2D eigenvalue weighted by atomic mass is 10.2. The van der Waals surface area contributed by atoms with Crippen LogP contribution in [0.15, 0.2) is 30.3 Å². The number of benzene rings is 1. The number of hydrogen-bond donors (Lipinski definition) is 3. The molecule has 0 aliphatic rings. The predicted octanol–water partition coefficient (Wildman–Crippen LogP) is 3.95. The lowest BCUT2D eigenvalue weighted by molar-refractivity contribution is 0.204. The molecule has 2 aromatic heterocycles. The SMILES string of the molecule is CCN(CC)C(=O)NCCNc1nc(-c2ccccc2)nc2[nH]c(C)c(C)c12.[HH]. The Balaban J connectivity index is 0.00000300. The summed E-state index contributed by atoms with van der Waals surface area (Å²) in [6.45, 7) is 10.5. The van der Waals surface area contributed by atoms with E-state index in [-0.39, 0.29) is 7.46 Å². The summed E-state index contributed by atoms with van der Waals surface area (Å²) in [6.07, 6.45) is 0. The van der Waals surface area contributed by atoms with Crippen molar-refractivity contribution in [2.24, 2.45) is 0 Å². The van der Waals surface area contributed by atoms with E-state index in [1.54, 1.807) is 4.90 Å². The first kappa shape index (κ1) is 19.7. The van der Waals surface area contributed by atoms with Gasteiger partial charge < -0.3 is 20.5 Å². The molecule has 2 amide bonds. The molecule has 150 valence electrons. The number of amides is 2. The van der Waals surface area contributed by atoms with Gasteiger partial charge in [0.25, 0.3) is 0 Å². The fourth-order valence-corrected chi connectivity index (χ4v) is 3.18. The Labute approximate surface area is 167 Å². The van der Waals surface area contributed by atoms with E-state index in [1.165, 1.54) is 0 Å². The van der Waals surface area contributed by atoms with Crippen molar-refractivity contribution in [2.45, 2.75) is 27.7 Å². The summed E-state index contributed by atoms with van der Waals surface area (Å²) in [6, 6.07) is 9.88. The van der Waals surface area contributed by atoms with Gasteiger partial charge >= 0.3 is 6.03 Å². The summed E-state index contributed by atoms with van der Waals surface area (Å²) < 4.78 is 0. The molecule has 0 radical (unpaired) electrons. The highest BCUT2D eigenvalue weighted by Gasteiger charge is 2.15. The Hall–Kier alpha value is -3.09. The van der Waals surface area contributed by atoms with Crippen LogP contribution in [0.1, 0.15) is 26.5 Å². The number of hydrogen-bond acceptors (Lipinski definition) is 4. The van der Waals surface area contributed by atoms with E-state index < -0.39 is 0 Å². The normalized spacial score (nSPS) is 10.9. The van der Waals surface area contributed by atoms with E-state index in [1.807, 2.05) is 51.1 Å². The van der Waals surface area contributed by atoms with Crippen LogP contribution in [0.4, 0.5) is 10.6 Å². The van der Waals surface area contributed by atoms with Crippen LogP contribution in [-0.2, 0) is 0 Å². The number of rotatable bonds is 7. The van der Waals surface area contributed by atoms with Crippen LogP contribution >= 0.6 is 0 Å². The summed E-state index contributed by atoms with van der Waals surface area (Å²) in [4.78, 5) is 26.7. The van der Waals surface area contributed by atoms with Gasteiger partial charge in [0, 0.05) is 38.9 Å². The number of anilines is 1. The Morgan fingerprint density at radius 3 is 2.50 bits per heavy atom. The van der Waals surface area contributed by atoms with Crippen molar-refractivity contribution in [3.8, 4) is 11.4 Å². The van der Waals surface area contributed by atoms with Crippen LogP contribution < -0.4 is 10.6 Å². The minimum Gasteiger partial charge on any atom is -0.368 e. The molecule has 0 atom stereocenters. The van der Waals surface area contributed by atoms with Gasteiger partial charge in [-0.1, -0.05) is 30.3 Å². The topological polar surface area (TPSA) is 85.9 Å². The predicted molar refractivity (Wildman–Crippen MR) is 116 cm³/mol. The van der Waals surface area contributed by atoms with Crippen molar-refractivity contribution in [3.63, 3.8) is 0 Å². The molecule has 0 bridgehead atoms. The molecule has 0 spiro atoms. The number of carbonyl (C=O) groups is 1. The minimum absolute atomic E-state index is 0. The smallest absolute Gasteiger partial charge is 0.317 e. The van der Waals surface area contributed by atoms with Crippen LogP contribution in [0.2, 0.25) is 0 Å².